The summed E-state index contributed by atoms with van der Waals surface area (Å²) in [7, 11) is 0. The highest BCUT2D eigenvalue weighted by atomic mass is 35.5. The fourth-order valence-corrected chi connectivity index (χ4v) is 5.83. The molecule has 4 heteroatoms. The normalized spacial score (nSPS) is 22.2. The zero-order valence-corrected chi connectivity index (χ0v) is 21.9. The lowest BCUT2D eigenvalue weighted by Gasteiger charge is -2.49. The molecule has 0 atom stereocenters. The first-order valence-electron chi connectivity index (χ1n) is 12.3. The molecule has 1 saturated heterocycles. The molecule has 2 nitrogen and oxygen atoms in total. The molecule has 0 unspecified atom stereocenters. The monoisotopic (exact) mass is 494 g/mol. The van der Waals surface area contributed by atoms with Crippen LogP contribution >= 0.6 is 0 Å². The van der Waals surface area contributed by atoms with Gasteiger partial charge in [0.1, 0.15) is 39.3 Å². The first kappa shape index (κ1) is 26.5. The molecule has 0 N–H and O–H groups in total. The average molecular weight is 496 g/mol. The number of rotatable bonds is 6. The number of hydrogen-bond donors (Lipinski definition) is 0. The summed E-state index contributed by atoms with van der Waals surface area (Å²) in [5.41, 5.74) is 3.02. The van der Waals surface area contributed by atoms with Crippen LogP contribution in [0.2, 0.25) is 0 Å². The van der Waals surface area contributed by atoms with Crippen molar-refractivity contribution in [1.29, 1.82) is 0 Å². The minimum absolute atomic E-state index is 0. The van der Waals surface area contributed by atoms with Gasteiger partial charge in [-0.2, -0.15) is 0 Å². The van der Waals surface area contributed by atoms with E-state index in [-0.39, 0.29) is 24.8 Å². The summed E-state index contributed by atoms with van der Waals surface area (Å²) in [6, 6.07) is 31.4. The Kier molecular flexibility index (Phi) is 8.65. The Morgan fingerprint density at radius 1 is 0.500 bits per heavy atom. The predicted octanol–water partition coefficient (Wildman–Crippen LogP) is 0.388. The van der Waals surface area contributed by atoms with E-state index in [0.29, 0.717) is 0 Å². The van der Waals surface area contributed by atoms with Gasteiger partial charge in [0.2, 0.25) is 0 Å². The van der Waals surface area contributed by atoms with Crippen LogP contribution in [-0.4, -0.2) is 48.2 Å². The van der Waals surface area contributed by atoms with Crippen molar-refractivity contribution in [2.45, 2.75) is 26.9 Å². The number of hydrogen-bond acceptors (Lipinski definition) is 0. The molecule has 180 valence electrons. The molecule has 1 aliphatic rings. The van der Waals surface area contributed by atoms with E-state index >= 15 is 0 Å². The van der Waals surface area contributed by atoms with Crippen molar-refractivity contribution in [3.05, 3.63) is 96.1 Å². The number of piperazine rings is 1. The zero-order valence-electron chi connectivity index (χ0n) is 20.4. The molecule has 0 aromatic heterocycles. The topological polar surface area (TPSA) is 0 Å². The van der Waals surface area contributed by atoms with Crippen LogP contribution < -0.4 is 24.8 Å². The lowest BCUT2D eigenvalue weighted by atomic mass is 10.0. The van der Waals surface area contributed by atoms with Gasteiger partial charge in [0.25, 0.3) is 0 Å². The van der Waals surface area contributed by atoms with Crippen LogP contribution in [0.4, 0.5) is 0 Å². The number of likely N-dealkylation sites (N-methyl/N-ethyl adjacent to an activating group) is 2. The van der Waals surface area contributed by atoms with Crippen molar-refractivity contribution in [1.82, 2.24) is 0 Å². The molecule has 0 radical (unpaired) electrons. The van der Waals surface area contributed by atoms with Crippen molar-refractivity contribution in [2.24, 2.45) is 0 Å². The second-order valence-corrected chi connectivity index (χ2v) is 9.80. The molecular formula is C30H36Cl2N2. The predicted molar refractivity (Wildman–Crippen MR) is 136 cm³/mol. The van der Waals surface area contributed by atoms with Crippen molar-refractivity contribution < 1.29 is 33.8 Å². The Morgan fingerprint density at radius 3 is 1.24 bits per heavy atom. The second kappa shape index (κ2) is 11.1. The van der Waals surface area contributed by atoms with Gasteiger partial charge in [-0.1, -0.05) is 84.9 Å². The van der Waals surface area contributed by atoms with Gasteiger partial charge in [0, 0.05) is 11.1 Å². The number of halogens is 2. The highest BCUT2D eigenvalue weighted by molar-refractivity contribution is 5.86. The van der Waals surface area contributed by atoms with Crippen LogP contribution in [0, 0.1) is 0 Å². The molecule has 0 spiro atoms. The molecule has 34 heavy (non-hydrogen) atoms. The summed E-state index contributed by atoms with van der Waals surface area (Å²) < 4.78 is 2.42. The zero-order chi connectivity index (χ0) is 22.0. The molecule has 0 amide bonds. The Balaban J connectivity index is 0.00000162. The molecule has 5 rings (SSSR count). The molecule has 1 aliphatic heterocycles. The van der Waals surface area contributed by atoms with Crippen LogP contribution in [0.15, 0.2) is 84.9 Å². The standard InChI is InChI=1S/C30H36N2.2ClH/c1-3-31(23-27-15-9-13-25-11-5-7-17-29(25)27)19-21-32(4-2,22-20-31)24-28-16-10-14-26-12-6-8-18-30(26)28;;/h5-18H,3-4,19-24H2,1-2H3;2*1H/q+2;;/p-2. The number of quaternary nitrogens is 2. The SMILES string of the molecule is CC[N+]1(Cc2cccc3ccccc23)CC[N+](CC)(Cc2cccc3ccccc23)CC1.[Cl-].[Cl-]. The highest BCUT2D eigenvalue weighted by Gasteiger charge is 2.41. The summed E-state index contributed by atoms with van der Waals surface area (Å²) in [5, 5.41) is 5.59. The minimum atomic E-state index is 0. The summed E-state index contributed by atoms with van der Waals surface area (Å²) in [4.78, 5) is 0. The molecule has 0 saturated carbocycles. The van der Waals surface area contributed by atoms with Crippen LogP contribution in [-0.2, 0) is 13.1 Å². The second-order valence-electron chi connectivity index (χ2n) is 9.80. The molecule has 0 bridgehead atoms. The molecule has 0 aliphatic carbocycles. The quantitative estimate of drug-likeness (QED) is 0.340. The summed E-state index contributed by atoms with van der Waals surface area (Å²) in [5.74, 6) is 0. The van der Waals surface area contributed by atoms with Crippen molar-refractivity contribution in [3.63, 3.8) is 0 Å². The first-order chi connectivity index (χ1) is 15.7. The fourth-order valence-electron chi connectivity index (χ4n) is 5.83. The van der Waals surface area contributed by atoms with Crippen molar-refractivity contribution in [2.75, 3.05) is 39.3 Å². The molecule has 1 heterocycles. The Hall–Kier alpha value is -2.10. The largest absolute Gasteiger partial charge is 1.00 e. The van der Waals surface area contributed by atoms with Gasteiger partial charge in [-0.25, -0.2) is 0 Å². The van der Waals surface area contributed by atoms with E-state index in [1.54, 1.807) is 0 Å². The summed E-state index contributed by atoms with van der Waals surface area (Å²) >= 11 is 0. The Labute approximate surface area is 217 Å². The third kappa shape index (κ3) is 5.11. The van der Waals surface area contributed by atoms with E-state index in [0.717, 1.165) is 13.1 Å². The smallest absolute Gasteiger partial charge is 0.129 e. The maximum Gasteiger partial charge on any atom is 0.129 e. The molecule has 4 aromatic carbocycles. The van der Waals surface area contributed by atoms with Gasteiger partial charge in [-0.15, -0.1) is 0 Å². The maximum absolute atomic E-state index is 2.39. The van der Waals surface area contributed by atoms with Gasteiger partial charge >= 0.3 is 0 Å². The summed E-state index contributed by atoms with van der Waals surface area (Å²) in [6.45, 7) is 14.5. The molecule has 1 fully saturated rings. The van der Waals surface area contributed by atoms with Gasteiger partial charge < -0.3 is 33.8 Å². The Morgan fingerprint density at radius 2 is 0.853 bits per heavy atom. The number of nitrogens with zero attached hydrogens (tertiary/aromatic N) is 2. The van der Waals surface area contributed by atoms with Gasteiger partial charge in [0.15, 0.2) is 0 Å². The third-order valence-corrected chi connectivity index (χ3v) is 8.21. The van der Waals surface area contributed by atoms with E-state index in [9.17, 15) is 0 Å². The van der Waals surface area contributed by atoms with Crippen molar-refractivity contribution >= 4 is 21.5 Å². The fraction of sp³-hybridized carbons (Fsp3) is 0.333. The molecular weight excluding hydrogens is 459 g/mol. The van der Waals surface area contributed by atoms with Gasteiger partial charge in [-0.3, -0.25) is 0 Å². The number of fused-ring (bicyclic) bond motifs is 2. The highest BCUT2D eigenvalue weighted by Crippen LogP contribution is 2.29. The van der Waals surface area contributed by atoms with Crippen LogP contribution in [0.1, 0.15) is 25.0 Å². The maximum atomic E-state index is 2.39. The summed E-state index contributed by atoms with van der Waals surface area (Å²) in [6.07, 6.45) is 0. The van der Waals surface area contributed by atoms with E-state index < -0.39 is 0 Å². The van der Waals surface area contributed by atoms with Gasteiger partial charge in [0.05, 0.1) is 13.1 Å². The third-order valence-electron chi connectivity index (χ3n) is 8.21. The average Bonchev–Trinajstić information content (AvgIpc) is 2.86. The van der Waals surface area contributed by atoms with Crippen molar-refractivity contribution in [3.8, 4) is 0 Å². The van der Waals surface area contributed by atoms with Crippen LogP contribution in [0.25, 0.3) is 21.5 Å². The van der Waals surface area contributed by atoms with Gasteiger partial charge in [-0.05, 0) is 35.4 Å². The Bertz CT molecular complexity index is 1120. The van der Waals surface area contributed by atoms with E-state index in [1.165, 1.54) is 80.9 Å². The van der Waals surface area contributed by atoms with Crippen LogP contribution in [0.5, 0.6) is 0 Å². The van der Waals surface area contributed by atoms with E-state index in [1.807, 2.05) is 0 Å². The minimum Gasteiger partial charge on any atom is -1.00 e. The van der Waals surface area contributed by atoms with Crippen LogP contribution in [0.3, 0.4) is 0 Å². The molecule has 4 aromatic rings. The first-order valence-corrected chi connectivity index (χ1v) is 12.3. The van der Waals surface area contributed by atoms with E-state index in [4.69, 9.17) is 0 Å². The number of benzene rings is 4. The van der Waals surface area contributed by atoms with E-state index in [2.05, 4.69) is 98.8 Å². The lowest BCUT2D eigenvalue weighted by Crippen LogP contribution is -3.00. The lowest BCUT2D eigenvalue weighted by molar-refractivity contribution is -1.04.